The van der Waals surface area contributed by atoms with E-state index in [4.69, 9.17) is 11.6 Å². The van der Waals surface area contributed by atoms with Crippen LogP contribution in [-0.2, 0) is 4.74 Å². The number of anilines is 1. The number of hydrogen-bond acceptors (Lipinski definition) is 4. The predicted octanol–water partition coefficient (Wildman–Crippen LogP) is 1.97. The first-order valence-corrected chi connectivity index (χ1v) is 6.52. The average Bonchev–Trinajstić information content (AvgIpc) is 2.86. The van der Waals surface area contributed by atoms with E-state index >= 15 is 0 Å². The summed E-state index contributed by atoms with van der Waals surface area (Å²) in [5, 5.41) is 12.3. The van der Waals surface area contributed by atoms with Crippen molar-refractivity contribution < 1.29 is 19.4 Å². The molecule has 6 nitrogen and oxygen atoms in total. The van der Waals surface area contributed by atoms with E-state index in [1.54, 1.807) is 12.1 Å². The number of rotatable bonds is 3. The first-order valence-electron chi connectivity index (χ1n) is 6.14. The number of aromatic carboxylic acids is 1. The summed E-state index contributed by atoms with van der Waals surface area (Å²) in [7, 11) is 1.30. The zero-order chi connectivity index (χ0) is 14.7. The largest absolute Gasteiger partial charge is 0.478 e. The third kappa shape index (κ3) is 2.96. The maximum atomic E-state index is 11.3. The van der Waals surface area contributed by atoms with Crippen molar-refractivity contribution in [3.8, 4) is 0 Å². The fraction of sp³-hybridized carbons (Fsp3) is 0.385. The van der Waals surface area contributed by atoms with Crippen molar-refractivity contribution in [1.29, 1.82) is 0 Å². The SMILES string of the molecule is COC(=O)NC1CCN(c2c(Cl)cccc2C(=O)O)C1. The quantitative estimate of drug-likeness (QED) is 0.892. The monoisotopic (exact) mass is 298 g/mol. The molecule has 7 heteroatoms. The van der Waals surface area contributed by atoms with E-state index in [-0.39, 0.29) is 11.6 Å². The van der Waals surface area contributed by atoms with E-state index < -0.39 is 12.1 Å². The van der Waals surface area contributed by atoms with Crippen LogP contribution in [0.2, 0.25) is 5.02 Å². The number of carbonyl (C=O) groups excluding carboxylic acids is 1. The van der Waals surface area contributed by atoms with E-state index in [0.717, 1.165) is 0 Å². The van der Waals surface area contributed by atoms with Crippen LogP contribution in [0.4, 0.5) is 10.5 Å². The Morgan fingerprint density at radius 1 is 1.50 bits per heavy atom. The third-order valence-electron chi connectivity index (χ3n) is 3.23. The van der Waals surface area contributed by atoms with Gasteiger partial charge in [-0.1, -0.05) is 17.7 Å². The number of hydrogen-bond donors (Lipinski definition) is 2. The summed E-state index contributed by atoms with van der Waals surface area (Å²) in [5.74, 6) is -1.02. The van der Waals surface area contributed by atoms with Crippen LogP contribution in [0.5, 0.6) is 0 Å². The summed E-state index contributed by atoms with van der Waals surface area (Å²) in [6.07, 6.45) is 0.216. The number of ether oxygens (including phenoxy) is 1. The molecular weight excluding hydrogens is 284 g/mol. The molecule has 0 saturated carbocycles. The summed E-state index contributed by atoms with van der Waals surface area (Å²) in [4.78, 5) is 24.3. The molecule has 0 aliphatic carbocycles. The van der Waals surface area contributed by atoms with Crippen LogP contribution in [-0.4, -0.2) is 43.4 Å². The number of nitrogens with one attached hydrogen (secondary N) is 1. The van der Waals surface area contributed by atoms with E-state index in [0.29, 0.717) is 30.2 Å². The van der Waals surface area contributed by atoms with Crippen LogP contribution < -0.4 is 10.2 Å². The van der Waals surface area contributed by atoms with Gasteiger partial charge < -0.3 is 20.1 Å². The summed E-state index contributed by atoms with van der Waals surface area (Å²) in [5.41, 5.74) is 0.659. The molecule has 0 aromatic heterocycles. The number of carboxylic acid groups (broad SMARTS) is 1. The minimum absolute atomic E-state index is 0.0830. The number of para-hydroxylation sites is 1. The topological polar surface area (TPSA) is 78.9 Å². The van der Waals surface area contributed by atoms with Crippen LogP contribution in [0.1, 0.15) is 16.8 Å². The lowest BCUT2D eigenvalue weighted by Gasteiger charge is -2.22. The molecule has 1 aromatic carbocycles. The minimum Gasteiger partial charge on any atom is -0.478 e. The molecule has 1 aliphatic heterocycles. The lowest BCUT2D eigenvalue weighted by molar-refractivity contribution is 0.0697. The number of carbonyl (C=O) groups is 2. The number of alkyl carbamates (subject to hydrolysis) is 1. The van der Waals surface area contributed by atoms with Crippen molar-refractivity contribution in [2.24, 2.45) is 0 Å². The van der Waals surface area contributed by atoms with Crippen molar-refractivity contribution in [3.05, 3.63) is 28.8 Å². The molecule has 2 N–H and O–H groups in total. The molecule has 2 rings (SSSR count). The molecule has 1 unspecified atom stereocenters. The normalized spacial score (nSPS) is 17.9. The third-order valence-corrected chi connectivity index (χ3v) is 3.53. The number of nitrogens with zero attached hydrogens (tertiary/aromatic N) is 1. The summed E-state index contributed by atoms with van der Waals surface area (Å²) >= 11 is 6.12. The van der Waals surface area contributed by atoms with Crippen molar-refractivity contribution in [1.82, 2.24) is 5.32 Å². The fourth-order valence-electron chi connectivity index (χ4n) is 2.32. The van der Waals surface area contributed by atoms with Gasteiger partial charge in [0.2, 0.25) is 0 Å². The van der Waals surface area contributed by atoms with Crippen LogP contribution in [0.3, 0.4) is 0 Å². The molecule has 1 fully saturated rings. The van der Waals surface area contributed by atoms with Gasteiger partial charge in [0.15, 0.2) is 0 Å². The molecule has 108 valence electrons. The summed E-state index contributed by atoms with van der Waals surface area (Å²) in [6.45, 7) is 1.12. The van der Waals surface area contributed by atoms with Crippen molar-refractivity contribution in [2.75, 3.05) is 25.1 Å². The molecule has 0 spiro atoms. The average molecular weight is 299 g/mol. The molecule has 1 atom stereocenters. The molecule has 1 amide bonds. The lowest BCUT2D eigenvalue weighted by atomic mass is 10.1. The molecule has 0 radical (unpaired) electrons. The molecule has 0 bridgehead atoms. The van der Waals surface area contributed by atoms with Crippen molar-refractivity contribution >= 4 is 29.4 Å². The molecule has 1 saturated heterocycles. The fourth-order valence-corrected chi connectivity index (χ4v) is 2.61. The van der Waals surface area contributed by atoms with E-state index in [1.807, 2.05) is 4.90 Å². The smallest absolute Gasteiger partial charge is 0.407 e. The van der Waals surface area contributed by atoms with Gasteiger partial charge in [-0.2, -0.15) is 0 Å². The van der Waals surface area contributed by atoms with E-state index in [2.05, 4.69) is 10.1 Å². The van der Waals surface area contributed by atoms with Crippen molar-refractivity contribution in [3.63, 3.8) is 0 Å². The van der Waals surface area contributed by atoms with Crippen LogP contribution in [0, 0.1) is 0 Å². The van der Waals surface area contributed by atoms with Gasteiger partial charge in [-0.3, -0.25) is 0 Å². The van der Waals surface area contributed by atoms with Gasteiger partial charge in [-0.15, -0.1) is 0 Å². The number of carboxylic acids is 1. The minimum atomic E-state index is -1.02. The van der Waals surface area contributed by atoms with E-state index in [9.17, 15) is 14.7 Å². The van der Waals surface area contributed by atoms with Gasteiger partial charge in [0.25, 0.3) is 0 Å². The predicted molar refractivity (Wildman–Crippen MR) is 74.6 cm³/mol. The number of methoxy groups -OCH3 is 1. The van der Waals surface area contributed by atoms with Gasteiger partial charge >= 0.3 is 12.1 Å². The van der Waals surface area contributed by atoms with Gasteiger partial charge in [-0.05, 0) is 18.6 Å². The van der Waals surface area contributed by atoms with Crippen LogP contribution in [0.25, 0.3) is 0 Å². The highest BCUT2D eigenvalue weighted by molar-refractivity contribution is 6.34. The van der Waals surface area contributed by atoms with Gasteiger partial charge in [0, 0.05) is 13.1 Å². The first kappa shape index (κ1) is 14.5. The summed E-state index contributed by atoms with van der Waals surface area (Å²) < 4.78 is 4.55. The summed E-state index contributed by atoms with van der Waals surface area (Å²) in [6, 6.07) is 4.70. The maximum absolute atomic E-state index is 11.3. The Hall–Kier alpha value is -1.95. The Morgan fingerprint density at radius 3 is 2.90 bits per heavy atom. The standard InChI is InChI=1S/C13H15ClN2O4/c1-20-13(19)15-8-5-6-16(7-8)11-9(12(17)18)3-2-4-10(11)14/h2-4,8H,5-7H2,1H3,(H,15,19)(H,17,18). The highest BCUT2D eigenvalue weighted by atomic mass is 35.5. The lowest BCUT2D eigenvalue weighted by Crippen LogP contribution is -2.37. The zero-order valence-electron chi connectivity index (χ0n) is 10.9. The number of halogens is 1. The molecule has 1 heterocycles. The Morgan fingerprint density at radius 2 is 2.25 bits per heavy atom. The number of benzene rings is 1. The highest BCUT2D eigenvalue weighted by Crippen LogP contribution is 2.32. The second-order valence-corrected chi connectivity index (χ2v) is 4.92. The molecule has 20 heavy (non-hydrogen) atoms. The Balaban J connectivity index is 2.18. The van der Waals surface area contributed by atoms with Crippen LogP contribution in [0.15, 0.2) is 18.2 Å². The Kier molecular flexibility index (Phi) is 4.34. The highest BCUT2D eigenvalue weighted by Gasteiger charge is 2.28. The first-order chi connectivity index (χ1) is 9.52. The Bertz CT molecular complexity index is 535. The Labute approximate surface area is 121 Å². The number of amides is 1. The second kappa shape index (κ2) is 6.00. The zero-order valence-corrected chi connectivity index (χ0v) is 11.7. The van der Waals surface area contributed by atoms with Gasteiger partial charge in [0.1, 0.15) is 0 Å². The van der Waals surface area contributed by atoms with E-state index in [1.165, 1.54) is 13.2 Å². The maximum Gasteiger partial charge on any atom is 0.407 e. The van der Waals surface area contributed by atoms with Crippen LogP contribution >= 0.6 is 11.6 Å². The second-order valence-electron chi connectivity index (χ2n) is 4.51. The van der Waals surface area contributed by atoms with Gasteiger partial charge in [0.05, 0.1) is 29.4 Å². The molecular formula is C13H15ClN2O4. The van der Waals surface area contributed by atoms with Crippen molar-refractivity contribution in [2.45, 2.75) is 12.5 Å². The molecule has 1 aliphatic rings. The van der Waals surface area contributed by atoms with Gasteiger partial charge in [-0.25, -0.2) is 9.59 Å². The molecule has 1 aromatic rings.